The van der Waals surface area contributed by atoms with Gasteiger partial charge in [0, 0.05) is 11.5 Å². The molecule has 1 fully saturated rings. The molecule has 0 aromatic heterocycles. The monoisotopic (exact) mass is 332 g/mol. The first-order valence-electron chi connectivity index (χ1n) is 8.29. The van der Waals surface area contributed by atoms with Gasteiger partial charge in [-0.3, -0.25) is 4.84 Å². The van der Waals surface area contributed by atoms with Gasteiger partial charge in [-0.15, -0.1) is 6.58 Å². The van der Waals surface area contributed by atoms with Crippen molar-refractivity contribution in [3.05, 3.63) is 58.7 Å². The van der Waals surface area contributed by atoms with Gasteiger partial charge in [-0.2, -0.15) is 5.06 Å². The van der Waals surface area contributed by atoms with E-state index >= 15 is 0 Å². The predicted octanol–water partition coefficient (Wildman–Crippen LogP) is 5.00. The van der Waals surface area contributed by atoms with Crippen LogP contribution < -0.4 is 0 Å². The van der Waals surface area contributed by atoms with Crippen LogP contribution in [0.1, 0.15) is 38.7 Å². The van der Waals surface area contributed by atoms with Crippen LogP contribution in [0, 0.1) is 11.7 Å². The van der Waals surface area contributed by atoms with Crippen molar-refractivity contribution in [1.82, 2.24) is 5.06 Å². The lowest BCUT2D eigenvalue weighted by Gasteiger charge is -2.37. The lowest BCUT2D eigenvalue weighted by Crippen LogP contribution is -2.43. The highest BCUT2D eigenvalue weighted by Gasteiger charge is 2.46. The number of rotatable bonds is 8. The molecule has 0 aliphatic carbocycles. The lowest BCUT2D eigenvalue weighted by molar-refractivity contribution is -0.195. The van der Waals surface area contributed by atoms with Crippen LogP contribution in [0.5, 0.6) is 0 Å². The molecule has 0 N–H and O–H groups in total. The Hall–Kier alpha value is -1.88. The van der Waals surface area contributed by atoms with Crippen molar-refractivity contribution < 1.29 is 9.23 Å². The van der Waals surface area contributed by atoms with E-state index in [1.165, 1.54) is 12.1 Å². The molecule has 1 aromatic rings. The number of hydroxylamine groups is 2. The summed E-state index contributed by atoms with van der Waals surface area (Å²) in [5.41, 5.74) is 9.37. The molecule has 0 unspecified atom stereocenters. The van der Waals surface area contributed by atoms with Crippen LogP contribution in [0.4, 0.5) is 4.39 Å². The van der Waals surface area contributed by atoms with Crippen molar-refractivity contribution >= 4 is 0 Å². The van der Waals surface area contributed by atoms with Crippen molar-refractivity contribution in [2.45, 2.75) is 51.3 Å². The van der Waals surface area contributed by atoms with E-state index < -0.39 is 0 Å². The number of benzene rings is 1. The van der Waals surface area contributed by atoms with E-state index in [2.05, 4.69) is 30.5 Å². The van der Waals surface area contributed by atoms with Gasteiger partial charge in [-0.05, 0) is 48.4 Å². The number of nitrogens with zero attached hydrogens (tertiary/aromatic N) is 4. The van der Waals surface area contributed by atoms with Crippen LogP contribution >= 0.6 is 0 Å². The molecule has 5 nitrogen and oxygen atoms in total. The quantitative estimate of drug-likeness (QED) is 0.291. The summed E-state index contributed by atoms with van der Waals surface area (Å²) in [6.45, 7) is 9.14. The van der Waals surface area contributed by atoms with Gasteiger partial charge in [0.25, 0.3) is 0 Å². The predicted molar refractivity (Wildman–Crippen MR) is 92.4 cm³/mol. The number of hydrogen-bond acceptors (Lipinski definition) is 3. The Balaban J connectivity index is 2.24. The third kappa shape index (κ3) is 4.57. The van der Waals surface area contributed by atoms with E-state index in [1.807, 2.05) is 11.1 Å². The Labute approximate surface area is 142 Å². The fraction of sp³-hybridized carbons (Fsp3) is 0.556. The van der Waals surface area contributed by atoms with E-state index in [1.54, 1.807) is 12.1 Å². The average Bonchev–Trinajstić information content (AvgIpc) is 2.84. The molecule has 1 saturated heterocycles. The molecule has 0 saturated carbocycles. The summed E-state index contributed by atoms with van der Waals surface area (Å²) in [7, 11) is 0. The molecular formula is C18H25FN4O. The molecule has 130 valence electrons. The first-order valence-corrected chi connectivity index (χ1v) is 8.29. The Morgan fingerprint density at radius 1 is 1.50 bits per heavy atom. The summed E-state index contributed by atoms with van der Waals surface area (Å²) in [6, 6.07) is 6.46. The molecule has 0 spiro atoms. The van der Waals surface area contributed by atoms with Crippen molar-refractivity contribution in [2.24, 2.45) is 11.0 Å². The fourth-order valence-corrected chi connectivity index (χ4v) is 3.52. The molecule has 24 heavy (non-hydrogen) atoms. The minimum atomic E-state index is -0.248. The summed E-state index contributed by atoms with van der Waals surface area (Å²) in [5.74, 6) is 0.240. The summed E-state index contributed by atoms with van der Waals surface area (Å²) >= 11 is 0. The number of halogens is 1. The van der Waals surface area contributed by atoms with E-state index in [0.29, 0.717) is 19.0 Å². The molecule has 1 heterocycles. The SMILES string of the molecule is C=CC[C@@]1(CC(C)C)C[C@H](CN=[N+]=[N-])ON1Cc1ccc(F)cc1. The second kappa shape index (κ2) is 8.29. The van der Waals surface area contributed by atoms with E-state index in [4.69, 9.17) is 10.4 Å². The molecular weight excluding hydrogens is 307 g/mol. The van der Waals surface area contributed by atoms with Crippen molar-refractivity contribution in [3.8, 4) is 0 Å². The van der Waals surface area contributed by atoms with Crippen LogP contribution in [-0.2, 0) is 11.4 Å². The summed E-state index contributed by atoms with van der Waals surface area (Å²) in [4.78, 5) is 8.93. The normalized spacial score (nSPS) is 24.1. The van der Waals surface area contributed by atoms with E-state index in [-0.39, 0.29) is 17.5 Å². The number of azide groups is 1. The minimum Gasteiger partial charge on any atom is -0.295 e. The Bertz CT molecular complexity index is 598. The van der Waals surface area contributed by atoms with Crippen LogP contribution in [0.25, 0.3) is 10.4 Å². The van der Waals surface area contributed by atoms with Gasteiger partial charge in [-0.1, -0.05) is 37.2 Å². The maximum absolute atomic E-state index is 13.1. The van der Waals surface area contributed by atoms with Gasteiger partial charge in [0.1, 0.15) is 5.82 Å². The average molecular weight is 332 g/mol. The van der Waals surface area contributed by atoms with Gasteiger partial charge in [0.05, 0.1) is 18.2 Å². The zero-order chi connectivity index (χ0) is 17.6. The molecule has 6 heteroatoms. The van der Waals surface area contributed by atoms with Crippen LogP contribution in [0.3, 0.4) is 0 Å². The standard InChI is InChI=1S/C18H25FN4O/c1-4-9-18(10-14(2)3)11-17(12-21-22-20)24-23(18)13-15-5-7-16(19)8-6-15/h4-8,14,17H,1,9-13H2,2-3H3/t17-,18-/m1/s1. The zero-order valence-corrected chi connectivity index (χ0v) is 14.4. The van der Waals surface area contributed by atoms with Crippen LogP contribution in [0.2, 0.25) is 0 Å². The highest BCUT2D eigenvalue weighted by atomic mass is 19.1. The van der Waals surface area contributed by atoms with Crippen LogP contribution in [0.15, 0.2) is 42.0 Å². The van der Waals surface area contributed by atoms with E-state index in [9.17, 15) is 4.39 Å². The summed E-state index contributed by atoms with van der Waals surface area (Å²) in [6.07, 6.45) is 4.31. The zero-order valence-electron chi connectivity index (χ0n) is 14.4. The highest BCUT2D eigenvalue weighted by Crippen LogP contribution is 2.41. The lowest BCUT2D eigenvalue weighted by atomic mass is 9.81. The molecule has 1 aromatic carbocycles. The van der Waals surface area contributed by atoms with Crippen LogP contribution in [-0.4, -0.2) is 23.3 Å². The van der Waals surface area contributed by atoms with Gasteiger partial charge in [0.15, 0.2) is 0 Å². The van der Waals surface area contributed by atoms with Crippen molar-refractivity contribution in [1.29, 1.82) is 0 Å². The van der Waals surface area contributed by atoms with Crippen molar-refractivity contribution in [3.63, 3.8) is 0 Å². The van der Waals surface area contributed by atoms with Gasteiger partial charge >= 0.3 is 0 Å². The Morgan fingerprint density at radius 2 is 2.21 bits per heavy atom. The largest absolute Gasteiger partial charge is 0.295 e. The molecule has 0 amide bonds. The first-order chi connectivity index (χ1) is 11.5. The molecule has 2 rings (SSSR count). The molecule has 1 aliphatic rings. The Kier molecular flexibility index (Phi) is 6.37. The third-order valence-corrected chi connectivity index (χ3v) is 4.31. The topological polar surface area (TPSA) is 61.2 Å². The van der Waals surface area contributed by atoms with Crippen molar-refractivity contribution in [2.75, 3.05) is 6.54 Å². The van der Waals surface area contributed by atoms with Gasteiger partial charge in [0.2, 0.25) is 0 Å². The van der Waals surface area contributed by atoms with E-state index in [0.717, 1.165) is 24.8 Å². The molecule has 1 aliphatic heterocycles. The minimum absolute atomic E-state index is 0.139. The maximum atomic E-state index is 13.1. The number of hydrogen-bond donors (Lipinski definition) is 0. The fourth-order valence-electron chi connectivity index (χ4n) is 3.52. The first kappa shape index (κ1) is 18.5. The maximum Gasteiger partial charge on any atom is 0.123 e. The smallest absolute Gasteiger partial charge is 0.123 e. The molecule has 0 bridgehead atoms. The van der Waals surface area contributed by atoms with Gasteiger partial charge in [-0.25, -0.2) is 4.39 Å². The van der Waals surface area contributed by atoms with Gasteiger partial charge < -0.3 is 0 Å². The second-order valence-corrected chi connectivity index (χ2v) is 6.82. The summed E-state index contributed by atoms with van der Waals surface area (Å²) in [5, 5.41) is 5.65. The summed E-state index contributed by atoms with van der Waals surface area (Å²) < 4.78 is 13.1. The third-order valence-electron chi connectivity index (χ3n) is 4.31. The second-order valence-electron chi connectivity index (χ2n) is 6.82. The Morgan fingerprint density at radius 3 is 2.79 bits per heavy atom. The highest BCUT2D eigenvalue weighted by molar-refractivity contribution is 5.16. The molecule has 2 atom stereocenters. The molecule has 0 radical (unpaired) electrons.